The van der Waals surface area contributed by atoms with Gasteiger partial charge in [-0.2, -0.15) is 0 Å². The van der Waals surface area contributed by atoms with Gasteiger partial charge in [-0.3, -0.25) is 0 Å². The number of piperidine rings is 1. The summed E-state index contributed by atoms with van der Waals surface area (Å²) >= 11 is 0. The monoisotopic (exact) mass is 221 g/mol. The molecule has 0 saturated carbocycles. The van der Waals surface area contributed by atoms with Gasteiger partial charge in [0.2, 0.25) is 0 Å². The van der Waals surface area contributed by atoms with Crippen LogP contribution in [-0.2, 0) is 4.74 Å². The van der Waals surface area contributed by atoms with E-state index in [1.807, 2.05) is 6.20 Å². The summed E-state index contributed by atoms with van der Waals surface area (Å²) < 4.78 is 5.40. The fraction of sp³-hybridized carbons (Fsp3) is 0.750. The van der Waals surface area contributed by atoms with Crippen LogP contribution in [0.4, 0.5) is 0 Å². The standard InChI is InChI=1S/C12H19N3O/c1-2-5-13-10(3-1)12-14-7-11(15-12)9-4-6-16-8-9/h7,9-10,13H,1-6,8H2,(H,14,15). The van der Waals surface area contributed by atoms with Crippen molar-refractivity contribution in [2.24, 2.45) is 0 Å². The van der Waals surface area contributed by atoms with Gasteiger partial charge in [0.05, 0.1) is 12.6 Å². The predicted octanol–water partition coefficient (Wildman–Crippen LogP) is 1.73. The van der Waals surface area contributed by atoms with Crippen LogP contribution in [0.15, 0.2) is 6.20 Å². The van der Waals surface area contributed by atoms with Crippen molar-refractivity contribution in [1.29, 1.82) is 0 Å². The third-order valence-corrected chi connectivity index (χ3v) is 3.63. The Morgan fingerprint density at radius 2 is 2.31 bits per heavy atom. The van der Waals surface area contributed by atoms with E-state index >= 15 is 0 Å². The van der Waals surface area contributed by atoms with Crippen LogP contribution >= 0.6 is 0 Å². The van der Waals surface area contributed by atoms with E-state index in [4.69, 9.17) is 4.74 Å². The van der Waals surface area contributed by atoms with Crippen LogP contribution in [0.25, 0.3) is 0 Å². The van der Waals surface area contributed by atoms with E-state index in [1.165, 1.54) is 25.0 Å². The smallest absolute Gasteiger partial charge is 0.123 e. The molecule has 4 nitrogen and oxygen atoms in total. The van der Waals surface area contributed by atoms with E-state index < -0.39 is 0 Å². The molecule has 0 spiro atoms. The minimum absolute atomic E-state index is 0.435. The molecule has 2 atom stereocenters. The lowest BCUT2D eigenvalue weighted by Gasteiger charge is -2.21. The van der Waals surface area contributed by atoms with Gasteiger partial charge in [0.1, 0.15) is 5.82 Å². The highest BCUT2D eigenvalue weighted by atomic mass is 16.5. The fourth-order valence-corrected chi connectivity index (χ4v) is 2.60. The molecule has 2 N–H and O–H groups in total. The average molecular weight is 221 g/mol. The molecule has 2 aliphatic heterocycles. The van der Waals surface area contributed by atoms with Crippen LogP contribution in [0.3, 0.4) is 0 Å². The lowest BCUT2D eigenvalue weighted by molar-refractivity contribution is 0.193. The molecule has 1 aromatic heterocycles. The normalized spacial score (nSPS) is 30.8. The number of aromatic nitrogens is 2. The molecular formula is C12H19N3O. The van der Waals surface area contributed by atoms with Gasteiger partial charge in [-0.15, -0.1) is 0 Å². The van der Waals surface area contributed by atoms with Crippen molar-refractivity contribution in [2.75, 3.05) is 19.8 Å². The molecule has 0 aliphatic carbocycles. The second-order valence-corrected chi connectivity index (χ2v) is 4.79. The van der Waals surface area contributed by atoms with Crippen molar-refractivity contribution < 1.29 is 4.74 Å². The van der Waals surface area contributed by atoms with Gasteiger partial charge in [0, 0.05) is 24.4 Å². The largest absolute Gasteiger partial charge is 0.381 e. The highest BCUT2D eigenvalue weighted by Gasteiger charge is 2.22. The number of nitrogens with zero attached hydrogens (tertiary/aromatic N) is 1. The first-order valence-corrected chi connectivity index (χ1v) is 6.29. The second kappa shape index (κ2) is 4.55. The Labute approximate surface area is 95.8 Å². The summed E-state index contributed by atoms with van der Waals surface area (Å²) in [5.74, 6) is 1.64. The minimum atomic E-state index is 0.435. The maximum atomic E-state index is 5.40. The molecule has 2 aliphatic rings. The zero-order valence-electron chi connectivity index (χ0n) is 9.54. The zero-order chi connectivity index (χ0) is 10.8. The molecule has 2 fully saturated rings. The first-order chi connectivity index (χ1) is 7.93. The van der Waals surface area contributed by atoms with Gasteiger partial charge < -0.3 is 15.0 Å². The van der Waals surface area contributed by atoms with Crippen molar-refractivity contribution >= 4 is 0 Å². The Bertz CT molecular complexity index is 338. The van der Waals surface area contributed by atoms with Crippen molar-refractivity contribution in [1.82, 2.24) is 15.3 Å². The van der Waals surface area contributed by atoms with Crippen LogP contribution in [0.1, 0.15) is 49.2 Å². The molecule has 0 amide bonds. The van der Waals surface area contributed by atoms with Crippen molar-refractivity contribution in [3.05, 3.63) is 17.7 Å². The first-order valence-electron chi connectivity index (χ1n) is 6.29. The lowest BCUT2D eigenvalue weighted by Crippen LogP contribution is -2.27. The van der Waals surface area contributed by atoms with Gasteiger partial charge in [-0.1, -0.05) is 6.42 Å². The number of hydrogen-bond acceptors (Lipinski definition) is 3. The predicted molar refractivity (Wildman–Crippen MR) is 61.4 cm³/mol. The van der Waals surface area contributed by atoms with Crippen LogP contribution in [0.2, 0.25) is 0 Å². The van der Waals surface area contributed by atoms with E-state index in [2.05, 4.69) is 15.3 Å². The molecule has 2 saturated heterocycles. The van der Waals surface area contributed by atoms with E-state index in [0.29, 0.717) is 12.0 Å². The summed E-state index contributed by atoms with van der Waals surface area (Å²) in [6.07, 6.45) is 6.92. The van der Waals surface area contributed by atoms with Crippen molar-refractivity contribution in [3.8, 4) is 0 Å². The minimum Gasteiger partial charge on any atom is -0.381 e. The lowest BCUT2D eigenvalue weighted by atomic mass is 10.0. The zero-order valence-corrected chi connectivity index (χ0v) is 9.54. The summed E-state index contributed by atoms with van der Waals surface area (Å²) in [5.41, 5.74) is 1.25. The number of H-pyrrole nitrogens is 1. The number of ether oxygens (including phenoxy) is 1. The number of hydrogen-bond donors (Lipinski definition) is 2. The van der Waals surface area contributed by atoms with Crippen LogP contribution in [0.5, 0.6) is 0 Å². The van der Waals surface area contributed by atoms with Gasteiger partial charge in [-0.25, -0.2) is 4.98 Å². The quantitative estimate of drug-likeness (QED) is 0.799. The van der Waals surface area contributed by atoms with Crippen LogP contribution in [-0.4, -0.2) is 29.7 Å². The van der Waals surface area contributed by atoms with Crippen LogP contribution < -0.4 is 5.32 Å². The maximum Gasteiger partial charge on any atom is 0.123 e. The highest BCUT2D eigenvalue weighted by Crippen LogP contribution is 2.26. The molecule has 3 heterocycles. The topological polar surface area (TPSA) is 49.9 Å². The Morgan fingerprint density at radius 1 is 1.31 bits per heavy atom. The van der Waals surface area contributed by atoms with E-state index in [-0.39, 0.29) is 0 Å². The highest BCUT2D eigenvalue weighted by molar-refractivity contribution is 5.11. The number of aromatic amines is 1. The summed E-state index contributed by atoms with van der Waals surface area (Å²) in [4.78, 5) is 7.98. The van der Waals surface area contributed by atoms with Crippen LogP contribution in [0, 0.1) is 0 Å². The van der Waals surface area contributed by atoms with E-state index in [9.17, 15) is 0 Å². The number of imidazole rings is 1. The Hall–Kier alpha value is -0.870. The Kier molecular flexibility index (Phi) is 2.93. The number of nitrogens with one attached hydrogen (secondary N) is 2. The number of rotatable bonds is 2. The molecule has 0 radical (unpaired) electrons. The fourth-order valence-electron chi connectivity index (χ4n) is 2.60. The third kappa shape index (κ3) is 1.99. The average Bonchev–Trinajstić information content (AvgIpc) is 3.01. The van der Waals surface area contributed by atoms with Gasteiger partial charge >= 0.3 is 0 Å². The molecule has 0 bridgehead atoms. The van der Waals surface area contributed by atoms with Gasteiger partial charge in [0.25, 0.3) is 0 Å². The maximum absolute atomic E-state index is 5.40. The molecule has 0 aromatic carbocycles. The van der Waals surface area contributed by atoms with Gasteiger partial charge in [0.15, 0.2) is 0 Å². The molecule has 88 valence electrons. The van der Waals surface area contributed by atoms with Crippen molar-refractivity contribution in [3.63, 3.8) is 0 Å². The Balaban J connectivity index is 1.71. The van der Waals surface area contributed by atoms with Gasteiger partial charge in [-0.05, 0) is 25.8 Å². The van der Waals surface area contributed by atoms with Crippen molar-refractivity contribution in [2.45, 2.75) is 37.6 Å². The second-order valence-electron chi connectivity index (χ2n) is 4.79. The molecule has 2 unspecified atom stereocenters. The SMILES string of the molecule is c1nc(C2CCCCN2)[nH]c1C1CCOC1. The molecular weight excluding hydrogens is 202 g/mol. The summed E-state index contributed by atoms with van der Waals surface area (Å²) in [6, 6.07) is 0.435. The summed E-state index contributed by atoms with van der Waals surface area (Å²) in [6.45, 7) is 2.85. The third-order valence-electron chi connectivity index (χ3n) is 3.63. The molecule has 1 aromatic rings. The molecule has 3 rings (SSSR count). The molecule has 16 heavy (non-hydrogen) atoms. The van der Waals surface area contributed by atoms with E-state index in [0.717, 1.165) is 32.0 Å². The van der Waals surface area contributed by atoms with E-state index in [1.54, 1.807) is 0 Å². The summed E-state index contributed by atoms with van der Waals surface area (Å²) in [7, 11) is 0. The summed E-state index contributed by atoms with van der Waals surface area (Å²) in [5, 5.41) is 3.51. The molecule has 4 heteroatoms. The Morgan fingerprint density at radius 3 is 3.06 bits per heavy atom. The first kappa shape index (κ1) is 10.3.